The highest BCUT2D eigenvalue weighted by Gasteiger charge is 2.04. The first-order chi connectivity index (χ1) is 7.22. The summed E-state index contributed by atoms with van der Waals surface area (Å²) in [5.74, 6) is 0. The summed E-state index contributed by atoms with van der Waals surface area (Å²) >= 11 is 3.40. The highest BCUT2D eigenvalue weighted by Crippen LogP contribution is 2.14. The Balaban J connectivity index is 2.31. The van der Waals surface area contributed by atoms with Gasteiger partial charge >= 0.3 is 0 Å². The molecule has 15 heavy (non-hydrogen) atoms. The van der Waals surface area contributed by atoms with Gasteiger partial charge in [-0.25, -0.2) is 0 Å². The van der Waals surface area contributed by atoms with Gasteiger partial charge < -0.3 is 5.11 Å². The van der Waals surface area contributed by atoms with Crippen molar-refractivity contribution in [2.75, 3.05) is 0 Å². The molecule has 1 aromatic rings. The summed E-state index contributed by atoms with van der Waals surface area (Å²) in [5, 5.41) is 9.79. The molecular formula is C13H19BrO. The minimum atomic E-state index is -0.183. The number of benzene rings is 1. The molecule has 0 spiro atoms. The zero-order chi connectivity index (χ0) is 11.1. The van der Waals surface area contributed by atoms with E-state index in [1.165, 1.54) is 18.4 Å². The summed E-state index contributed by atoms with van der Waals surface area (Å²) in [7, 11) is 0. The van der Waals surface area contributed by atoms with Gasteiger partial charge in [0.2, 0.25) is 0 Å². The van der Waals surface area contributed by atoms with Crippen LogP contribution in [0.25, 0.3) is 0 Å². The van der Waals surface area contributed by atoms with Gasteiger partial charge in [-0.3, -0.25) is 0 Å². The fraction of sp³-hybridized carbons (Fsp3) is 0.538. The highest BCUT2D eigenvalue weighted by atomic mass is 79.9. The van der Waals surface area contributed by atoms with Crippen molar-refractivity contribution >= 4 is 15.9 Å². The minimum absolute atomic E-state index is 0.183. The van der Waals surface area contributed by atoms with Crippen molar-refractivity contribution in [2.45, 2.75) is 45.1 Å². The van der Waals surface area contributed by atoms with E-state index >= 15 is 0 Å². The SMILES string of the molecule is CCCCCC(O)Cc1ccc(Br)cc1. The molecule has 2 heteroatoms. The van der Waals surface area contributed by atoms with Gasteiger partial charge in [-0.2, -0.15) is 0 Å². The topological polar surface area (TPSA) is 20.2 Å². The molecule has 0 saturated carbocycles. The van der Waals surface area contributed by atoms with Crippen molar-refractivity contribution in [3.63, 3.8) is 0 Å². The zero-order valence-electron chi connectivity index (χ0n) is 9.25. The van der Waals surface area contributed by atoms with Crippen LogP contribution in [0, 0.1) is 0 Å². The van der Waals surface area contributed by atoms with E-state index in [0.717, 1.165) is 23.7 Å². The molecule has 0 aliphatic heterocycles. The average molecular weight is 271 g/mol. The number of aliphatic hydroxyl groups is 1. The van der Waals surface area contributed by atoms with Crippen LogP contribution >= 0.6 is 15.9 Å². The summed E-state index contributed by atoms with van der Waals surface area (Å²) in [6, 6.07) is 8.17. The smallest absolute Gasteiger partial charge is 0.0580 e. The van der Waals surface area contributed by atoms with E-state index in [0.29, 0.717) is 0 Å². The van der Waals surface area contributed by atoms with Gasteiger partial charge in [-0.05, 0) is 30.5 Å². The number of unbranched alkanes of at least 4 members (excludes halogenated alkanes) is 2. The molecule has 0 aromatic heterocycles. The van der Waals surface area contributed by atoms with Crippen molar-refractivity contribution in [3.05, 3.63) is 34.3 Å². The standard InChI is InChI=1S/C13H19BrO/c1-2-3-4-5-13(15)10-11-6-8-12(14)9-7-11/h6-9,13,15H,2-5,10H2,1H3. The summed E-state index contributed by atoms with van der Waals surface area (Å²) in [4.78, 5) is 0. The second-order valence-corrected chi connectivity index (χ2v) is 4.90. The Morgan fingerprint density at radius 3 is 2.47 bits per heavy atom. The quantitative estimate of drug-likeness (QED) is 0.777. The van der Waals surface area contributed by atoms with E-state index in [1.54, 1.807) is 0 Å². The fourth-order valence-corrected chi connectivity index (χ4v) is 1.89. The molecule has 1 aromatic carbocycles. The molecule has 0 amide bonds. The molecule has 1 N–H and O–H groups in total. The normalized spacial score (nSPS) is 12.7. The van der Waals surface area contributed by atoms with E-state index in [2.05, 4.69) is 35.0 Å². The molecule has 0 heterocycles. The van der Waals surface area contributed by atoms with Crippen molar-refractivity contribution in [3.8, 4) is 0 Å². The van der Waals surface area contributed by atoms with Crippen molar-refractivity contribution in [2.24, 2.45) is 0 Å². The largest absolute Gasteiger partial charge is 0.393 e. The Bertz CT molecular complexity index is 268. The number of halogens is 1. The molecule has 0 aliphatic rings. The first kappa shape index (κ1) is 12.7. The Morgan fingerprint density at radius 1 is 1.20 bits per heavy atom. The molecule has 0 aliphatic carbocycles. The van der Waals surface area contributed by atoms with Crippen molar-refractivity contribution < 1.29 is 5.11 Å². The lowest BCUT2D eigenvalue weighted by Gasteiger charge is -2.10. The molecule has 1 unspecified atom stereocenters. The second-order valence-electron chi connectivity index (χ2n) is 3.98. The van der Waals surface area contributed by atoms with Crippen LogP contribution in [0.2, 0.25) is 0 Å². The van der Waals surface area contributed by atoms with Crippen LogP contribution in [-0.2, 0) is 6.42 Å². The molecule has 0 fully saturated rings. The van der Waals surface area contributed by atoms with Crippen LogP contribution in [0.15, 0.2) is 28.7 Å². The second kappa shape index (κ2) is 7.02. The van der Waals surface area contributed by atoms with Gasteiger partial charge in [0, 0.05) is 4.47 Å². The first-order valence-corrected chi connectivity index (χ1v) is 6.44. The minimum Gasteiger partial charge on any atom is -0.393 e. The van der Waals surface area contributed by atoms with Gasteiger partial charge in [0.15, 0.2) is 0 Å². The van der Waals surface area contributed by atoms with Gasteiger partial charge in [-0.15, -0.1) is 0 Å². The van der Waals surface area contributed by atoms with Crippen molar-refractivity contribution in [1.82, 2.24) is 0 Å². The van der Waals surface area contributed by atoms with Gasteiger partial charge in [0.1, 0.15) is 0 Å². The third-order valence-electron chi connectivity index (χ3n) is 2.53. The van der Waals surface area contributed by atoms with Crippen LogP contribution in [0.1, 0.15) is 38.2 Å². The monoisotopic (exact) mass is 270 g/mol. The molecule has 1 nitrogen and oxygen atoms in total. The third kappa shape index (κ3) is 5.33. The summed E-state index contributed by atoms with van der Waals surface area (Å²) < 4.78 is 1.09. The maximum Gasteiger partial charge on any atom is 0.0580 e. The van der Waals surface area contributed by atoms with E-state index in [1.807, 2.05) is 12.1 Å². The molecule has 0 saturated heterocycles. The highest BCUT2D eigenvalue weighted by molar-refractivity contribution is 9.10. The number of aliphatic hydroxyl groups excluding tert-OH is 1. The number of hydrogen-bond donors (Lipinski definition) is 1. The van der Waals surface area contributed by atoms with Crippen molar-refractivity contribution in [1.29, 1.82) is 0 Å². The lowest BCUT2D eigenvalue weighted by molar-refractivity contribution is 0.161. The first-order valence-electron chi connectivity index (χ1n) is 5.65. The van der Waals surface area contributed by atoms with Gasteiger partial charge in [0.25, 0.3) is 0 Å². The zero-order valence-corrected chi connectivity index (χ0v) is 10.8. The Labute approximate surface area is 101 Å². The van der Waals surface area contributed by atoms with E-state index in [-0.39, 0.29) is 6.10 Å². The van der Waals surface area contributed by atoms with Crippen LogP contribution in [0.3, 0.4) is 0 Å². The van der Waals surface area contributed by atoms with E-state index in [9.17, 15) is 5.11 Å². The lowest BCUT2D eigenvalue weighted by atomic mass is 10.0. The molecule has 84 valence electrons. The van der Waals surface area contributed by atoms with Gasteiger partial charge in [-0.1, -0.05) is 54.2 Å². The van der Waals surface area contributed by atoms with Crippen LogP contribution in [0.5, 0.6) is 0 Å². The maximum absolute atomic E-state index is 9.79. The Kier molecular flexibility index (Phi) is 5.96. The van der Waals surface area contributed by atoms with Crippen LogP contribution in [0.4, 0.5) is 0 Å². The average Bonchev–Trinajstić information content (AvgIpc) is 2.22. The fourth-order valence-electron chi connectivity index (χ4n) is 1.62. The molecule has 1 rings (SSSR count). The number of hydrogen-bond acceptors (Lipinski definition) is 1. The van der Waals surface area contributed by atoms with E-state index in [4.69, 9.17) is 0 Å². The maximum atomic E-state index is 9.79. The summed E-state index contributed by atoms with van der Waals surface area (Å²) in [6.07, 6.45) is 5.08. The van der Waals surface area contributed by atoms with Crippen LogP contribution < -0.4 is 0 Å². The van der Waals surface area contributed by atoms with Crippen LogP contribution in [-0.4, -0.2) is 11.2 Å². The summed E-state index contributed by atoms with van der Waals surface area (Å²) in [5.41, 5.74) is 1.21. The molecule has 0 radical (unpaired) electrons. The van der Waals surface area contributed by atoms with E-state index < -0.39 is 0 Å². The Hall–Kier alpha value is -0.340. The summed E-state index contributed by atoms with van der Waals surface area (Å²) in [6.45, 7) is 2.18. The predicted octanol–water partition coefficient (Wildman–Crippen LogP) is 3.93. The van der Waals surface area contributed by atoms with Gasteiger partial charge in [0.05, 0.1) is 6.10 Å². The third-order valence-corrected chi connectivity index (χ3v) is 3.05. The Morgan fingerprint density at radius 2 is 1.87 bits per heavy atom. The predicted molar refractivity (Wildman–Crippen MR) is 68.0 cm³/mol. The lowest BCUT2D eigenvalue weighted by Crippen LogP contribution is -2.09. The number of rotatable bonds is 6. The molecule has 1 atom stereocenters. The molecular weight excluding hydrogens is 252 g/mol. The molecule has 0 bridgehead atoms.